The van der Waals surface area contributed by atoms with Gasteiger partial charge in [0, 0.05) is 19.3 Å². The van der Waals surface area contributed by atoms with E-state index >= 15 is 0 Å². The van der Waals surface area contributed by atoms with E-state index in [2.05, 4.69) is 57.2 Å². The zero-order valence-corrected chi connectivity index (χ0v) is 49.2. The monoisotopic (exact) mass is 1020 g/mol. The summed E-state index contributed by atoms with van der Waals surface area (Å²) < 4.78 is 16.9. The summed E-state index contributed by atoms with van der Waals surface area (Å²) in [6, 6.07) is 0. The quantitative estimate of drug-likeness (QED) is 0.0261. The first kappa shape index (κ1) is 70.6. The predicted octanol–water partition coefficient (Wildman–Crippen LogP) is 22.0. The van der Waals surface area contributed by atoms with E-state index in [1.807, 2.05) is 0 Å². The molecular weight excluding hydrogens is 901 g/mol. The van der Waals surface area contributed by atoms with Crippen LogP contribution >= 0.6 is 0 Å². The van der Waals surface area contributed by atoms with Gasteiger partial charge in [-0.15, -0.1) is 0 Å². The fraction of sp³-hybridized carbons (Fsp3) is 0.866. The Balaban J connectivity index is 4.06. The molecule has 1 unspecified atom stereocenters. The summed E-state index contributed by atoms with van der Waals surface area (Å²) in [5, 5.41) is 0. The summed E-state index contributed by atoms with van der Waals surface area (Å²) >= 11 is 0. The third kappa shape index (κ3) is 60.4. The van der Waals surface area contributed by atoms with Crippen molar-refractivity contribution < 1.29 is 28.6 Å². The van der Waals surface area contributed by atoms with Crippen LogP contribution in [0.5, 0.6) is 0 Å². The molecule has 6 heteroatoms. The molecule has 0 rings (SSSR count). The molecule has 428 valence electrons. The second-order valence-corrected chi connectivity index (χ2v) is 22.0. The Morgan fingerprint density at radius 2 is 0.466 bits per heavy atom. The second kappa shape index (κ2) is 62.2. The Hall–Kier alpha value is -2.37. The number of esters is 3. The van der Waals surface area contributed by atoms with Crippen molar-refractivity contribution >= 4 is 17.9 Å². The van der Waals surface area contributed by atoms with Gasteiger partial charge < -0.3 is 14.2 Å². The lowest BCUT2D eigenvalue weighted by molar-refractivity contribution is -0.167. The fourth-order valence-corrected chi connectivity index (χ4v) is 9.65. The number of ether oxygens (including phenoxy) is 3. The molecule has 1 atom stereocenters. The van der Waals surface area contributed by atoms with Gasteiger partial charge in [-0.05, 0) is 89.9 Å². The van der Waals surface area contributed by atoms with Crippen LogP contribution in [-0.2, 0) is 28.6 Å². The van der Waals surface area contributed by atoms with E-state index in [4.69, 9.17) is 14.2 Å². The van der Waals surface area contributed by atoms with Gasteiger partial charge >= 0.3 is 17.9 Å². The Morgan fingerprint density at radius 1 is 0.260 bits per heavy atom. The first-order valence-electron chi connectivity index (χ1n) is 32.5. The minimum absolute atomic E-state index is 0.0745. The molecule has 0 heterocycles. The van der Waals surface area contributed by atoms with Gasteiger partial charge in [-0.2, -0.15) is 0 Å². The first-order chi connectivity index (χ1) is 36.0. The van der Waals surface area contributed by atoms with Crippen molar-refractivity contribution in [1.82, 2.24) is 0 Å². The zero-order chi connectivity index (χ0) is 52.9. The standard InChI is InChI=1S/C67H124O6/c1-4-7-10-13-16-19-22-24-25-26-27-28-29-30-31-32-33-34-35-36-37-38-39-40-41-43-45-48-51-54-57-60-66(69)72-63-64(62-71-65(68)59-56-53-50-47-44-21-18-15-12-9-6-3)73-67(70)61-58-55-52-49-46-42-23-20-17-14-11-8-5-2/h15,18,20,23,26-27,64H,4-14,16-17,19,21-22,24-25,28-63H2,1-3H3/b18-15-,23-20-,27-26-. The molecular formula is C67H124O6. The zero-order valence-electron chi connectivity index (χ0n) is 49.2. The molecule has 0 aliphatic heterocycles. The van der Waals surface area contributed by atoms with E-state index in [1.54, 1.807) is 0 Å². The lowest BCUT2D eigenvalue weighted by Crippen LogP contribution is -2.30. The van der Waals surface area contributed by atoms with Crippen LogP contribution in [0.3, 0.4) is 0 Å². The summed E-state index contributed by atoms with van der Waals surface area (Å²) in [5.74, 6) is -0.876. The molecule has 73 heavy (non-hydrogen) atoms. The van der Waals surface area contributed by atoms with Crippen LogP contribution in [0.1, 0.15) is 355 Å². The van der Waals surface area contributed by atoms with Crippen LogP contribution in [0, 0.1) is 0 Å². The molecule has 0 saturated carbocycles. The fourth-order valence-electron chi connectivity index (χ4n) is 9.65. The van der Waals surface area contributed by atoms with Crippen LogP contribution < -0.4 is 0 Å². The van der Waals surface area contributed by atoms with E-state index < -0.39 is 6.10 Å². The van der Waals surface area contributed by atoms with Crippen LogP contribution in [0.15, 0.2) is 36.5 Å². The molecule has 0 saturated heterocycles. The molecule has 0 bridgehead atoms. The number of allylic oxidation sites excluding steroid dienone is 6. The maximum atomic E-state index is 12.8. The first-order valence-corrected chi connectivity index (χ1v) is 32.5. The molecule has 0 N–H and O–H groups in total. The number of hydrogen-bond acceptors (Lipinski definition) is 6. The summed E-state index contributed by atoms with van der Waals surface area (Å²) in [7, 11) is 0. The normalized spacial score (nSPS) is 12.2. The highest BCUT2D eigenvalue weighted by atomic mass is 16.6. The van der Waals surface area contributed by atoms with Gasteiger partial charge in [0.25, 0.3) is 0 Å². The summed E-state index contributed by atoms with van der Waals surface area (Å²) in [6.07, 6.45) is 76.1. The van der Waals surface area contributed by atoms with Gasteiger partial charge in [0.05, 0.1) is 0 Å². The Kier molecular flexibility index (Phi) is 60.2. The number of carbonyl (C=O) groups excluding carboxylic acids is 3. The van der Waals surface area contributed by atoms with Gasteiger partial charge in [0.1, 0.15) is 13.2 Å². The average Bonchev–Trinajstić information content (AvgIpc) is 3.39. The van der Waals surface area contributed by atoms with E-state index in [9.17, 15) is 14.4 Å². The summed E-state index contributed by atoms with van der Waals surface area (Å²) in [4.78, 5) is 38.1. The van der Waals surface area contributed by atoms with Crippen molar-refractivity contribution in [2.24, 2.45) is 0 Å². The van der Waals surface area contributed by atoms with Crippen LogP contribution in [0.25, 0.3) is 0 Å². The van der Waals surface area contributed by atoms with Crippen LogP contribution in [0.4, 0.5) is 0 Å². The molecule has 0 aliphatic rings. The van der Waals surface area contributed by atoms with Crippen LogP contribution in [-0.4, -0.2) is 37.2 Å². The summed E-state index contributed by atoms with van der Waals surface area (Å²) in [6.45, 7) is 6.62. The van der Waals surface area contributed by atoms with Crippen molar-refractivity contribution in [3.8, 4) is 0 Å². The SMILES string of the molecule is CCCC/C=C\CCCCCCCC(=O)OCC(COC(=O)CCCCCCCCCCCCCCCCCCCCC/C=C\CCCCCCCCCC)OC(=O)CCCCCCC/C=C\CCCCCC. The van der Waals surface area contributed by atoms with Gasteiger partial charge in [-0.25, -0.2) is 0 Å². The third-order valence-corrected chi connectivity index (χ3v) is 14.6. The van der Waals surface area contributed by atoms with E-state index in [-0.39, 0.29) is 31.1 Å². The molecule has 0 radical (unpaired) electrons. The molecule has 0 amide bonds. The molecule has 0 aliphatic carbocycles. The minimum Gasteiger partial charge on any atom is -0.462 e. The van der Waals surface area contributed by atoms with Gasteiger partial charge in [-0.1, -0.05) is 282 Å². The van der Waals surface area contributed by atoms with Gasteiger partial charge in [0.2, 0.25) is 0 Å². The average molecular weight is 1030 g/mol. The summed E-state index contributed by atoms with van der Waals surface area (Å²) in [5.41, 5.74) is 0. The smallest absolute Gasteiger partial charge is 0.306 e. The maximum absolute atomic E-state index is 12.8. The minimum atomic E-state index is -0.777. The highest BCUT2D eigenvalue weighted by Crippen LogP contribution is 2.17. The molecule has 0 aromatic carbocycles. The Morgan fingerprint density at radius 3 is 0.740 bits per heavy atom. The topological polar surface area (TPSA) is 78.9 Å². The van der Waals surface area contributed by atoms with Crippen molar-refractivity contribution in [2.45, 2.75) is 361 Å². The van der Waals surface area contributed by atoms with Crippen molar-refractivity contribution in [3.05, 3.63) is 36.5 Å². The van der Waals surface area contributed by atoms with E-state index in [0.29, 0.717) is 19.3 Å². The van der Waals surface area contributed by atoms with Crippen molar-refractivity contribution in [1.29, 1.82) is 0 Å². The second-order valence-electron chi connectivity index (χ2n) is 22.0. The van der Waals surface area contributed by atoms with Gasteiger partial charge in [-0.3, -0.25) is 14.4 Å². The number of rotatable bonds is 60. The highest BCUT2D eigenvalue weighted by molar-refractivity contribution is 5.71. The van der Waals surface area contributed by atoms with Crippen molar-refractivity contribution in [3.63, 3.8) is 0 Å². The number of carbonyl (C=O) groups is 3. The molecule has 0 aromatic rings. The molecule has 0 aromatic heterocycles. The molecule has 6 nitrogen and oxygen atoms in total. The van der Waals surface area contributed by atoms with Crippen molar-refractivity contribution in [2.75, 3.05) is 13.2 Å². The lowest BCUT2D eigenvalue weighted by atomic mass is 10.0. The number of hydrogen-bond donors (Lipinski definition) is 0. The largest absolute Gasteiger partial charge is 0.462 e. The number of unbranched alkanes of at least 4 members (excludes halogenated alkanes) is 43. The van der Waals surface area contributed by atoms with E-state index in [0.717, 1.165) is 70.6 Å². The van der Waals surface area contributed by atoms with Crippen LogP contribution in [0.2, 0.25) is 0 Å². The van der Waals surface area contributed by atoms with E-state index in [1.165, 1.54) is 244 Å². The predicted molar refractivity (Wildman–Crippen MR) is 316 cm³/mol. The molecule has 0 spiro atoms. The third-order valence-electron chi connectivity index (χ3n) is 14.6. The van der Waals surface area contributed by atoms with Gasteiger partial charge in [0.15, 0.2) is 6.10 Å². The Bertz CT molecular complexity index is 1220. The molecule has 0 fully saturated rings. The highest BCUT2D eigenvalue weighted by Gasteiger charge is 2.19. The Labute approximate surface area is 455 Å². The lowest BCUT2D eigenvalue weighted by Gasteiger charge is -2.18. The maximum Gasteiger partial charge on any atom is 0.306 e.